The summed E-state index contributed by atoms with van der Waals surface area (Å²) in [6, 6.07) is 16.6. The number of nitrogens with one attached hydrogen (secondary N) is 1. The SMILES string of the molecule is Cc1ccccc1[C@@H]1[C@H]2CNC[C@H]2CN1C(=O)c1ccc(N(C)C)cc1. The molecule has 136 valence electrons. The zero-order valence-electron chi connectivity index (χ0n) is 15.8. The number of hydrogen-bond acceptors (Lipinski definition) is 3. The number of carbonyl (C=O) groups is 1. The van der Waals surface area contributed by atoms with Crippen LogP contribution in [0.5, 0.6) is 0 Å². The zero-order valence-corrected chi connectivity index (χ0v) is 15.8. The molecule has 2 aromatic carbocycles. The molecule has 2 heterocycles. The summed E-state index contributed by atoms with van der Waals surface area (Å²) in [6.45, 7) is 4.99. The maximum atomic E-state index is 13.3. The van der Waals surface area contributed by atoms with Gasteiger partial charge in [-0.3, -0.25) is 4.79 Å². The van der Waals surface area contributed by atoms with Crippen LogP contribution in [-0.4, -0.2) is 44.5 Å². The van der Waals surface area contributed by atoms with Crippen LogP contribution < -0.4 is 10.2 Å². The van der Waals surface area contributed by atoms with Gasteiger partial charge in [0.1, 0.15) is 0 Å². The standard InChI is InChI=1S/C22H27N3O/c1-15-6-4-5-7-19(15)21-20-13-23-12-17(20)14-25(21)22(26)16-8-10-18(11-9-16)24(2)3/h4-11,17,20-21,23H,12-14H2,1-3H3/t17-,20-,21+/m0/s1. The minimum Gasteiger partial charge on any atom is -0.378 e. The fraction of sp³-hybridized carbons (Fsp3) is 0.409. The smallest absolute Gasteiger partial charge is 0.254 e. The summed E-state index contributed by atoms with van der Waals surface area (Å²) >= 11 is 0. The number of likely N-dealkylation sites (tertiary alicyclic amines) is 1. The minimum atomic E-state index is 0.151. The topological polar surface area (TPSA) is 35.6 Å². The second-order valence-electron chi connectivity index (χ2n) is 7.78. The van der Waals surface area contributed by atoms with Gasteiger partial charge in [-0.2, -0.15) is 0 Å². The van der Waals surface area contributed by atoms with E-state index in [2.05, 4.69) is 46.3 Å². The van der Waals surface area contributed by atoms with Crippen molar-refractivity contribution in [2.75, 3.05) is 38.6 Å². The Kier molecular flexibility index (Phi) is 4.45. The summed E-state index contributed by atoms with van der Waals surface area (Å²) in [5.74, 6) is 1.20. The third-order valence-corrected chi connectivity index (χ3v) is 5.96. The predicted octanol–water partition coefficient (Wildman–Crippen LogP) is 3.09. The molecule has 2 fully saturated rings. The van der Waals surface area contributed by atoms with E-state index < -0.39 is 0 Å². The van der Waals surface area contributed by atoms with Gasteiger partial charge in [-0.1, -0.05) is 24.3 Å². The number of nitrogens with zero attached hydrogens (tertiary/aromatic N) is 2. The zero-order chi connectivity index (χ0) is 18.3. The highest BCUT2D eigenvalue weighted by atomic mass is 16.2. The number of benzene rings is 2. The molecule has 0 radical (unpaired) electrons. The Hall–Kier alpha value is -2.33. The molecule has 0 bridgehead atoms. The fourth-order valence-electron chi connectivity index (χ4n) is 4.51. The van der Waals surface area contributed by atoms with Gasteiger partial charge >= 0.3 is 0 Å². The highest BCUT2D eigenvalue weighted by Crippen LogP contribution is 2.44. The molecule has 2 saturated heterocycles. The summed E-state index contributed by atoms with van der Waals surface area (Å²) in [5, 5.41) is 3.52. The highest BCUT2D eigenvalue weighted by molar-refractivity contribution is 5.95. The van der Waals surface area contributed by atoms with Crippen LogP contribution in [0, 0.1) is 18.8 Å². The first-order valence-electron chi connectivity index (χ1n) is 9.41. The number of rotatable bonds is 3. The van der Waals surface area contributed by atoms with E-state index in [1.54, 1.807) is 0 Å². The van der Waals surface area contributed by atoms with Crippen molar-refractivity contribution in [3.8, 4) is 0 Å². The van der Waals surface area contributed by atoms with Crippen molar-refractivity contribution in [2.45, 2.75) is 13.0 Å². The van der Waals surface area contributed by atoms with Crippen LogP contribution in [0.4, 0.5) is 5.69 Å². The predicted molar refractivity (Wildman–Crippen MR) is 106 cm³/mol. The Morgan fingerprint density at radius 2 is 1.81 bits per heavy atom. The fourth-order valence-corrected chi connectivity index (χ4v) is 4.51. The number of aryl methyl sites for hydroxylation is 1. The van der Waals surface area contributed by atoms with E-state index in [1.807, 2.05) is 38.4 Å². The van der Waals surface area contributed by atoms with Gasteiger partial charge in [0.2, 0.25) is 0 Å². The summed E-state index contributed by atoms with van der Waals surface area (Å²) in [7, 11) is 4.03. The van der Waals surface area contributed by atoms with Gasteiger partial charge in [0.15, 0.2) is 0 Å². The normalized spacial score (nSPS) is 24.6. The van der Waals surface area contributed by atoms with E-state index in [0.29, 0.717) is 11.8 Å². The van der Waals surface area contributed by atoms with E-state index in [-0.39, 0.29) is 11.9 Å². The van der Waals surface area contributed by atoms with Crippen molar-refractivity contribution < 1.29 is 4.79 Å². The van der Waals surface area contributed by atoms with E-state index in [4.69, 9.17) is 0 Å². The summed E-state index contributed by atoms with van der Waals surface area (Å²) in [6.07, 6.45) is 0. The van der Waals surface area contributed by atoms with Crippen molar-refractivity contribution in [2.24, 2.45) is 11.8 Å². The molecule has 4 rings (SSSR count). The molecule has 0 aliphatic carbocycles. The first-order chi connectivity index (χ1) is 12.6. The monoisotopic (exact) mass is 349 g/mol. The number of hydrogen-bond donors (Lipinski definition) is 1. The number of fused-ring (bicyclic) bond motifs is 1. The lowest BCUT2D eigenvalue weighted by Gasteiger charge is -2.30. The molecule has 0 saturated carbocycles. The van der Waals surface area contributed by atoms with Gasteiger partial charge in [-0.15, -0.1) is 0 Å². The molecule has 0 spiro atoms. The number of amides is 1. The van der Waals surface area contributed by atoms with Crippen molar-refractivity contribution >= 4 is 11.6 Å². The van der Waals surface area contributed by atoms with E-state index in [9.17, 15) is 4.79 Å². The molecule has 2 aromatic rings. The van der Waals surface area contributed by atoms with Gasteiger partial charge in [0.25, 0.3) is 5.91 Å². The van der Waals surface area contributed by atoms with Gasteiger partial charge < -0.3 is 15.1 Å². The van der Waals surface area contributed by atoms with Gasteiger partial charge in [0.05, 0.1) is 6.04 Å². The van der Waals surface area contributed by atoms with Crippen LogP contribution >= 0.6 is 0 Å². The lowest BCUT2D eigenvalue weighted by atomic mass is 9.87. The number of carbonyl (C=O) groups excluding carboxylic acids is 1. The quantitative estimate of drug-likeness (QED) is 0.925. The highest BCUT2D eigenvalue weighted by Gasteiger charge is 2.47. The molecule has 0 unspecified atom stereocenters. The Labute approximate surface area is 155 Å². The molecule has 26 heavy (non-hydrogen) atoms. The average molecular weight is 349 g/mol. The van der Waals surface area contributed by atoms with Gasteiger partial charge in [-0.25, -0.2) is 0 Å². The lowest BCUT2D eigenvalue weighted by molar-refractivity contribution is 0.0713. The first-order valence-corrected chi connectivity index (χ1v) is 9.41. The third-order valence-electron chi connectivity index (χ3n) is 5.96. The molecular formula is C22H27N3O. The molecule has 4 nitrogen and oxygen atoms in total. The molecule has 4 heteroatoms. The second-order valence-corrected chi connectivity index (χ2v) is 7.78. The van der Waals surface area contributed by atoms with Crippen LogP contribution in [0.2, 0.25) is 0 Å². The largest absolute Gasteiger partial charge is 0.378 e. The van der Waals surface area contributed by atoms with E-state index in [1.165, 1.54) is 11.1 Å². The maximum Gasteiger partial charge on any atom is 0.254 e. The lowest BCUT2D eigenvalue weighted by Crippen LogP contribution is -2.35. The molecule has 1 amide bonds. The summed E-state index contributed by atoms with van der Waals surface area (Å²) < 4.78 is 0. The Balaban J connectivity index is 1.67. The summed E-state index contributed by atoms with van der Waals surface area (Å²) in [4.78, 5) is 17.5. The van der Waals surface area contributed by atoms with Crippen LogP contribution in [0.1, 0.15) is 27.5 Å². The average Bonchev–Trinajstić information content (AvgIpc) is 3.23. The van der Waals surface area contributed by atoms with Crippen molar-refractivity contribution in [1.29, 1.82) is 0 Å². The summed E-state index contributed by atoms with van der Waals surface area (Å²) in [5.41, 5.74) is 4.45. The molecule has 0 aromatic heterocycles. The molecule has 3 atom stereocenters. The number of anilines is 1. The van der Waals surface area contributed by atoms with Crippen LogP contribution in [0.25, 0.3) is 0 Å². The van der Waals surface area contributed by atoms with Crippen LogP contribution in [0.3, 0.4) is 0 Å². The van der Waals surface area contributed by atoms with Crippen molar-refractivity contribution in [1.82, 2.24) is 10.2 Å². The van der Waals surface area contributed by atoms with Crippen LogP contribution in [-0.2, 0) is 0 Å². The Bertz CT molecular complexity index is 799. The van der Waals surface area contributed by atoms with E-state index >= 15 is 0 Å². The van der Waals surface area contributed by atoms with Crippen LogP contribution in [0.15, 0.2) is 48.5 Å². The molecular weight excluding hydrogens is 322 g/mol. The molecule has 2 aliphatic rings. The second kappa shape index (κ2) is 6.76. The van der Waals surface area contributed by atoms with Crippen molar-refractivity contribution in [3.63, 3.8) is 0 Å². The molecule has 1 N–H and O–H groups in total. The Morgan fingerprint density at radius 1 is 1.08 bits per heavy atom. The third kappa shape index (κ3) is 2.88. The molecule has 2 aliphatic heterocycles. The van der Waals surface area contributed by atoms with Gasteiger partial charge in [0, 0.05) is 50.9 Å². The van der Waals surface area contributed by atoms with Crippen molar-refractivity contribution in [3.05, 3.63) is 65.2 Å². The minimum absolute atomic E-state index is 0.151. The Morgan fingerprint density at radius 3 is 2.50 bits per heavy atom. The van der Waals surface area contributed by atoms with Gasteiger partial charge in [-0.05, 0) is 48.2 Å². The van der Waals surface area contributed by atoms with E-state index in [0.717, 1.165) is 30.9 Å². The first kappa shape index (κ1) is 17.1. The maximum absolute atomic E-state index is 13.3.